The maximum absolute atomic E-state index is 16.4. The van der Waals surface area contributed by atoms with Crippen LogP contribution in [0.4, 0.5) is 21.5 Å². The van der Waals surface area contributed by atoms with Crippen molar-refractivity contribution < 1.29 is 47.4 Å². The van der Waals surface area contributed by atoms with Crippen molar-refractivity contribution in [2.75, 3.05) is 55.5 Å². The van der Waals surface area contributed by atoms with Gasteiger partial charge in [0.25, 0.3) is 17.7 Å². The van der Waals surface area contributed by atoms with Crippen LogP contribution in [0.25, 0.3) is 0 Å². The fraction of sp³-hybridized carbons (Fsp3) is 0.392. The fourth-order valence-corrected chi connectivity index (χ4v) is 11.3. The molecule has 1 saturated carbocycles. The van der Waals surface area contributed by atoms with Crippen molar-refractivity contribution in [2.24, 2.45) is 5.41 Å². The molecule has 1 aliphatic carbocycles. The van der Waals surface area contributed by atoms with E-state index in [1.165, 1.54) is 12.1 Å². The van der Waals surface area contributed by atoms with Gasteiger partial charge in [-0.25, -0.2) is 4.39 Å². The molecule has 6 N–H and O–H groups in total. The number of benzene rings is 4. The number of carbonyl (C=O) groups is 7. The third kappa shape index (κ3) is 8.82. The lowest BCUT2D eigenvalue weighted by atomic mass is 9.53. The van der Waals surface area contributed by atoms with E-state index in [1.54, 1.807) is 66.7 Å². The minimum absolute atomic E-state index is 0.0175. The number of piperidine rings is 1. The maximum Gasteiger partial charge on any atom is 0.264 e. The number of nitrogens with zero attached hydrogens (tertiary/aromatic N) is 1. The Morgan fingerprint density at radius 2 is 1.54 bits per heavy atom. The van der Waals surface area contributed by atoms with Gasteiger partial charge in [0, 0.05) is 58.6 Å². The lowest BCUT2D eigenvalue weighted by molar-refractivity contribution is -0.136. The number of rotatable bonds is 15. The molecule has 4 aromatic carbocycles. The number of fused-ring (bicyclic) bond motifs is 4. The average molecular weight is 997 g/mol. The monoisotopic (exact) mass is 995 g/mol. The molecular weight excluding hydrogens is 945 g/mol. The first-order valence-electron chi connectivity index (χ1n) is 23.3. The summed E-state index contributed by atoms with van der Waals surface area (Å²) in [6.07, 6.45) is 2.70. The zero-order chi connectivity index (χ0) is 49.5. The highest BCUT2D eigenvalue weighted by Crippen LogP contribution is 2.64. The third-order valence-electron chi connectivity index (χ3n) is 14.4. The van der Waals surface area contributed by atoms with E-state index in [1.807, 2.05) is 0 Å². The summed E-state index contributed by atoms with van der Waals surface area (Å²) < 4.78 is 27.6. The molecule has 19 heteroatoms. The molecule has 0 bridgehead atoms. The summed E-state index contributed by atoms with van der Waals surface area (Å²) in [5, 5.41) is 18.1. The highest BCUT2D eigenvalue weighted by Gasteiger charge is 2.73. The molecule has 4 aromatic rings. The van der Waals surface area contributed by atoms with Gasteiger partial charge in [0.15, 0.2) is 0 Å². The number of hydrogen-bond acceptors (Lipinski definition) is 11. The van der Waals surface area contributed by atoms with Crippen LogP contribution in [0.5, 0.6) is 0 Å². The van der Waals surface area contributed by atoms with E-state index in [0.717, 1.165) is 17.7 Å². The van der Waals surface area contributed by atoms with Crippen LogP contribution in [0.2, 0.25) is 10.0 Å². The van der Waals surface area contributed by atoms with Crippen molar-refractivity contribution in [3.8, 4) is 0 Å². The van der Waals surface area contributed by atoms with Crippen molar-refractivity contribution in [1.82, 2.24) is 20.9 Å². The Hall–Kier alpha value is -6.24. The van der Waals surface area contributed by atoms with Crippen molar-refractivity contribution in [2.45, 2.75) is 81.3 Å². The number of hydrogen-bond donors (Lipinski definition) is 6. The van der Waals surface area contributed by atoms with E-state index < -0.39 is 64.3 Å². The van der Waals surface area contributed by atoms with Crippen LogP contribution in [0.1, 0.15) is 100 Å². The van der Waals surface area contributed by atoms with E-state index in [2.05, 4.69) is 45.7 Å². The van der Waals surface area contributed by atoms with Crippen LogP contribution < -0.4 is 31.9 Å². The topological polar surface area (TPSA) is 213 Å². The second-order valence-electron chi connectivity index (χ2n) is 19.1. The van der Waals surface area contributed by atoms with Gasteiger partial charge in [0.2, 0.25) is 23.6 Å². The standard InChI is InChI=1S/C51H52Cl2FN7O9/c1-49(2)17-19-50(20-18-49)51(33-14-11-29(52)27-36(33)58-48(51)68)40(32-6-3-7-34(53)41(32)54)42(60-50)45(65)57-30-12-9-28(10-13-30)43(63)56-22-24-70-26-25-69-23-21-55-35-8-4-5-31-39(35)47(67)61(46(31)66)37-15-16-38(62)59-44(37)64/h3-14,27,37,40,42,55,60H,15-26H2,1-2H3,(H,56,63)(H,57,65)(H,58,68)(H,59,62,64)/t37?,40-,42+,51+/m0/s1. The number of ether oxygens (including phenoxy) is 2. The highest BCUT2D eigenvalue weighted by molar-refractivity contribution is 6.31. The molecule has 16 nitrogen and oxygen atoms in total. The molecule has 4 atom stereocenters. The van der Waals surface area contributed by atoms with Gasteiger partial charge in [-0.05, 0) is 103 Å². The molecule has 2 spiro atoms. The second-order valence-corrected chi connectivity index (χ2v) is 19.9. The average Bonchev–Trinajstić information content (AvgIpc) is 3.89. The lowest BCUT2D eigenvalue weighted by Gasteiger charge is -2.50. The van der Waals surface area contributed by atoms with Gasteiger partial charge in [-0.3, -0.25) is 49.1 Å². The van der Waals surface area contributed by atoms with E-state index in [9.17, 15) is 33.6 Å². The zero-order valence-electron chi connectivity index (χ0n) is 38.5. The zero-order valence-corrected chi connectivity index (χ0v) is 40.0. The molecule has 9 rings (SSSR count). The van der Waals surface area contributed by atoms with E-state index in [0.29, 0.717) is 52.6 Å². The smallest absolute Gasteiger partial charge is 0.264 e. The maximum atomic E-state index is 16.4. The molecule has 366 valence electrons. The number of nitrogens with one attached hydrogen (secondary N) is 6. The number of anilines is 3. The first kappa shape index (κ1) is 48.8. The largest absolute Gasteiger partial charge is 0.382 e. The normalized spacial score (nSPS) is 23.0. The quantitative estimate of drug-likeness (QED) is 0.0572. The van der Waals surface area contributed by atoms with Gasteiger partial charge in [-0.2, -0.15) is 0 Å². The van der Waals surface area contributed by atoms with Crippen molar-refractivity contribution in [3.05, 3.63) is 123 Å². The summed E-state index contributed by atoms with van der Waals surface area (Å²) in [4.78, 5) is 93.8. The number of imide groups is 2. The van der Waals surface area contributed by atoms with Gasteiger partial charge in [0.05, 0.1) is 48.6 Å². The predicted molar refractivity (Wildman–Crippen MR) is 258 cm³/mol. The van der Waals surface area contributed by atoms with Crippen LogP contribution >= 0.6 is 23.2 Å². The van der Waals surface area contributed by atoms with E-state index >= 15 is 4.39 Å². The Balaban J connectivity index is 0.768. The first-order chi connectivity index (χ1) is 33.5. The first-order valence-corrected chi connectivity index (χ1v) is 24.1. The summed E-state index contributed by atoms with van der Waals surface area (Å²) in [6.45, 7) is 5.82. The molecule has 7 amide bonds. The Morgan fingerprint density at radius 1 is 0.829 bits per heavy atom. The summed E-state index contributed by atoms with van der Waals surface area (Å²) in [7, 11) is 0. The minimum atomic E-state index is -1.40. The van der Waals surface area contributed by atoms with Gasteiger partial charge >= 0.3 is 0 Å². The Labute approximate surface area is 413 Å². The Morgan fingerprint density at radius 3 is 2.27 bits per heavy atom. The van der Waals surface area contributed by atoms with Crippen LogP contribution in [0.3, 0.4) is 0 Å². The molecule has 2 saturated heterocycles. The van der Waals surface area contributed by atoms with E-state index in [4.69, 9.17) is 32.7 Å². The van der Waals surface area contributed by atoms with Crippen LogP contribution in [-0.2, 0) is 34.1 Å². The molecular formula is C51H52Cl2FN7O9. The molecule has 3 fully saturated rings. The van der Waals surface area contributed by atoms with Crippen LogP contribution in [0.15, 0.2) is 78.9 Å². The predicted octanol–water partition coefficient (Wildman–Crippen LogP) is 6.33. The van der Waals surface area contributed by atoms with Gasteiger partial charge in [-0.15, -0.1) is 0 Å². The van der Waals surface area contributed by atoms with Gasteiger partial charge in [0.1, 0.15) is 17.3 Å². The summed E-state index contributed by atoms with van der Waals surface area (Å²) in [5.41, 5.74) is 0.438. The number of amides is 7. The lowest BCUT2D eigenvalue weighted by Crippen LogP contribution is -2.61. The SMILES string of the molecule is CC1(C)CCC2(CC1)N[C@@H](C(=O)Nc1ccc(C(=O)NCCOCCOCCNc3cccc4c3C(=O)N(C3CCC(=O)NC3=O)C4=O)cc1)[C@H](c1cccc(Cl)c1F)[C@]21C(=O)Nc2cc(Cl)ccc21. The van der Waals surface area contributed by atoms with Crippen LogP contribution in [-0.4, -0.2) is 103 Å². The van der Waals surface area contributed by atoms with E-state index in [-0.39, 0.29) is 84.8 Å². The van der Waals surface area contributed by atoms with Crippen LogP contribution in [0, 0.1) is 11.2 Å². The summed E-state index contributed by atoms with van der Waals surface area (Å²) in [6, 6.07) is 18.9. The molecule has 1 unspecified atom stereocenters. The second kappa shape index (κ2) is 19.5. The highest BCUT2D eigenvalue weighted by atomic mass is 35.5. The number of carbonyl (C=O) groups excluding carboxylic acids is 7. The fourth-order valence-electron chi connectivity index (χ4n) is 10.9. The molecule has 5 aliphatic rings. The molecule has 70 heavy (non-hydrogen) atoms. The number of halogens is 3. The van der Waals surface area contributed by atoms with Gasteiger partial charge in [-0.1, -0.05) is 61.3 Å². The van der Waals surface area contributed by atoms with Crippen molar-refractivity contribution in [1.29, 1.82) is 0 Å². The van der Waals surface area contributed by atoms with Gasteiger partial charge < -0.3 is 30.7 Å². The summed E-state index contributed by atoms with van der Waals surface area (Å²) in [5.74, 6) is -5.22. The minimum Gasteiger partial charge on any atom is -0.382 e. The van der Waals surface area contributed by atoms with Crippen molar-refractivity contribution in [3.63, 3.8) is 0 Å². The molecule has 0 aromatic heterocycles. The molecule has 4 heterocycles. The Bertz CT molecular complexity index is 2800. The Kier molecular flexibility index (Phi) is 13.6. The molecule has 0 radical (unpaired) electrons. The third-order valence-corrected chi connectivity index (χ3v) is 14.9. The van der Waals surface area contributed by atoms with Crippen molar-refractivity contribution >= 4 is 81.6 Å². The summed E-state index contributed by atoms with van der Waals surface area (Å²) >= 11 is 12.8. The molecule has 4 aliphatic heterocycles.